The van der Waals surface area contributed by atoms with Crippen molar-refractivity contribution in [2.24, 2.45) is 0 Å². The summed E-state index contributed by atoms with van der Waals surface area (Å²) in [5, 5.41) is 4.60. The summed E-state index contributed by atoms with van der Waals surface area (Å²) in [6.07, 6.45) is 1.94. The van der Waals surface area contributed by atoms with Crippen molar-refractivity contribution >= 4 is 16.6 Å². The molecular weight excluding hydrogens is 292 g/mol. The van der Waals surface area contributed by atoms with E-state index in [9.17, 15) is 0 Å². The molecule has 23 heavy (non-hydrogen) atoms. The Kier molecular flexibility index (Phi) is 4.28. The summed E-state index contributed by atoms with van der Waals surface area (Å²) in [5.41, 5.74) is 3.24. The Morgan fingerprint density at radius 2 is 1.65 bits per heavy atom. The fraction of sp³-hybridized carbons (Fsp3) is 0.222. The number of aromatic nitrogens is 1. The first kappa shape index (κ1) is 15.1. The Balaban J connectivity index is 1.81. The van der Waals surface area contributed by atoms with Gasteiger partial charge < -0.3 is 24.5 Å². The number of methoxy groups -OCH3 is 3. The van der Waals surface area contributed by atoms with Crippen LogP contribution in [0, 0.1) is 0 Å². The van der Waals surface area contributed by atoms with E-state index in [-0.39, 0.29) is 0 Å². The second-order valence-corrected chi connectivity index (χ2v) is 5.17. The molecule has 0 aliphatic carbocycles. The van der Waals surface area contributed by atoms with Crippen LogP contribution in [0.1, 0.15) is 5.56 Å². The van der Waals surface area contributed by atoms with Crippen molar-refractivity contribution in [3.05, 3.63) is 48.2 Å². The van der Waals surface area contributed by atoms with Gasteiger partial charge in [-0.3, -0.25) is 0 Å². The maximum absolute atomic E-state index is 5.38. The molecule has 1 aromatic heterocycles. The molecule has 2 aromatic carbocycles. The van der Waals surface area contributed by atoms with Gasteiger partial charge in [0.25, 0.3) is 0 Å². The topological polar surface area (TPSA) is 55.5 Å². The largest absolute Gasteiger partial charge is 0.493 e. The van der Waals surface area contributed by atoms with E-state index in [1.165, 1.54) is 5.39 Å². The van der Waals surface area contributed by atoms with E-state index in [1.54, 1.807) is 21.3 Å². The van der Waals surface area contributed by atoms with Crippen LogP contribution >= 0.6 is 0 Å². The molecule has 1 heterocycles. The van der Waals surface area contributed by atoms with Gasteiger partial charge in [0.2, 0.25) is 5.75 Å². The molecule has 0 spiro atoms. The number of ether oxygens (including phenoxy) is 3. The van der Waals surface area contributed by atoms with Crippen molar-refractivity contribution in [2.75, 3.05) is 26.6 Å². The van der Waals surface area contributed by atoms with Crippen molar-refractivity contribution in [3.8, 4) is 17.2 Å². The SMILES string of the molecule is COc1cc(CNc2ccc3[nH]ccc3c2)cc(OC)c1OC. The second-order valence-electron chi connectivity index (χ2n) is 5.17. The zero-order chi connectivity index (χ0) is 16.2. The molecular formula is C18H20N2O3. The predicted octanol–water partition coefficient (Wildman–Crippen LogP) is 3.81. The monoisotopic (exact) mass is 312 g/mol. The van der Waals surface area contributed by atoms with Gasteiger partial charge in [-0.15, -0.1) is 0 Å². The fourth-order valence-corrected chi connectivity index (χ4v) is 2.60. The highest BCUT2D eigenvalue weighted by Crippen LogP contribution is 2.38. The van der Waals surface area contributed by atoms with Gasteiger partial charge >= 0.3 is 0 Å². The van der Waals surface area contributed by atoms with Crippen LogP contribution in [0.5, 0.6) is 17.2 Å². The van der Waals surface area contributed by atoms with E-state index in [0.29, 0.717) is 23.8 Å². The number of aromatic amines is 1. The lowest BCUT2D eigenvalue weighted by Gasteiger charge is -2.15. The molecule has 3 rings (SSSR count). The standard InChI is InChI=1S/C18H20N2O3/c1-21-16-8-12(9-17(22-2)18(16)23-3)11-20-14-4-5-15-13(10-14)6-7-19-15/h4-10,19-20H,11H2,1-3H3. The van der Waals surface area contributed by atoms with Crippen LogP contribution in [0.15, 0.2) is 42.6 Å². The third-order valence-electron chi connectivity index (χ3n) is 3.77. The zero-order valence-electron chi connectivity index (χ0n) is 13.5. The summed E-state index contributed by atoms with van der Waals surface area (Å²) in [6.45, 7) is 0.659. The summed E-state index contributed by atoms with van der Waals surface area (Å²) in [5.74, 6) is 1.92. The van der Waals surface area contributed by atoms with Gasteiger partial charge in [0.1, 0.15) is 0 Å². The lowest BCUT2D eigenvalue weighted by molar-refractivity contribution is 0.324. The predicted molar refractivity (Wildman–Crippen MR) is 91.7 cm³/mol. The minimum atomic E-state index is 0.604. The molecule has 5 nitrogen and oxygen atoms in total. The molecule has 0 aliphatic rings. The van der Waals surface area contributed by atoms with Gasteiger partial charge in [-0.25, -0.2) is 0 Å². The molecule has 0 saturated heterocycles. The van der Waals surface area contributed by atoms with Crippen LogP contribution in [0.2, 0.25) is 0 Å². The fourth-order valence-electron chi connectivity index (χ4n) is 2.60. The normalized spacial score (nSPS) is 10.6. The maximum atomic E-state index is 5.38. The van der Waals surface area contributed by atoms with Crippen molar-refractivity contribution in [2.45, 2.75) is 6.54 Å². The van der Waals surface area contributed by atoms with E-state index < -0.39 is 0 Å². The summed E-state index contributed by atoms with van der Waals surface area (Å²) in [7, 11) is 4.84. The average molecular weight is 312 g/mol. The van der Waals surface area contributed by atoms with Crippen molar-refractivity contribution in [1.29, 1.82) is 0 Å². The first-order valence-corrected chi connectivity index (χ1v) is 7.35. The molecule has 5 heteroatoms. The van der Waals surface area contributed by atoms with Crippen molar-refractivity contribution in [1.82, 2.24) is 4.98 Å². The third-order valence-corrected chi connectivity index (χ3v) is 3.77. The lowest BCUT2D eigenvalue weighted by Crippen LogP contribution is -2.02. The summed E-state index contributed by atoms with van der Waals surface area (Å²) in [4.78, 5) is 3.19. The summed E-state index contributed by atoms with van der Waals surface area (Å²) < 4.78 is 16.1. The van der Waals surface area contributed by atoms with Gasteiger partial charge in [-0.05, 0) is 42.0 Å². The quantitative estimate of drug-likeness (QED) is 0.727. The molecule has 0 bridgehead atoms. The molecule has 0 fully saturated rings. The Morgan fingerprint density at radius 3 is 2.30 bits per heavy atom. The highest BCUT2D eigenvalue weighted by molar-refractivity contribution is 5.82. The van der Waals surface area contributed by atoms with Gasteiger partial charge in [-0.2, -0.15) is 0 Å². The van der Waals surface area contributed by atoms with Crippen molar-refractivity contribution < 1.29 is 14.2 Å². The van der Waals surface area contributed by atoms with Crippen molar-refractivity contribution in [3.63, 3.8) is 0 Å². The number of hydrogen-bond donors (Lipinski definition) is 2. The Hall–Kier alpha value is -2.82. The molecule has 3 aromatic rings. The number of anilines is 1. The van der Waals surface area contributed by atoms with Crippen LogP contribution in [0.25, 0.3) is 10.9 Å². The molecule has 0 aliphatic heterocycles. The highest BCUT2D eigenvalue weighted by atomic mass is 16.5. The lowest BCUT2D eigenvalue weighted by atomic mass is 10.1. The maximum Gasteiger partial charge on any atom is 0.203 e. The minimum absolute atomic E-state index is 0.604. The van der Waals surface area contributed by atoms with Crippen LogP contribution < -0.4 is 19.5 Å². The van der Waals surface area contributed by atoms with Gasteiger partial charge in [0.15, 0.2) is 11.5 Å². The number of nitrogens with one attached hydrogen (secondary N) is 2. The summed E-state index contributed by atoms with van der Waals surface area (Å²) in [6, 6.07) is 12.2. The molecule has 0 saturated carbocycles. The van der Waals surface area contributed by atoms with Crippen LogP contribution in [0.3, 0.4) is 0 Å². The number of hydrogen-bond acceptors (Lipinski definition) is 4. The Morgan fingerprint density at radius 1 is 0.913 bits per heavy atom. The highest BCUT2D eigenvalue weighted by Gasteiger charge is 2.13. The molecule has 120 valence electrons. The van der Waals surface area contributed by atoms with E-state index in [2.05, 4.69) is 34.6 Å². The van der Waals surface area contributed by atoms with E-state index in [0.717, 1.165) is 16.8 Å². The number of rotatable bonds is 6. The Bertz CT molecular complexity index is 786. The number of fused-ring (bicyclic) bond motifs is 1. The molecule has 0 unspecified atom stereocenters. The molecule has 0 radical (unpaired) electrons. The number of benzene rings is 2. The van der Waals surface area contributed by atoms with E-state index in [1.807, 2.05) is 18.3 Å². The minimum Gasteiger partial charge on any atom is -0.493 e. The zero-order valence-corrected chi connectivity index (χ0v) is 13.5. The van der Waals surface area contributed by atoms with Gasteiger partial charge in [0.05, 0.1) is 21.3 Å². The molecule has 0 amide bonds. The van der Waals surface area contributed by atoms with Gasteiger partial charge in [0, 0.05) is 29.3 Å². The van der Waals surface area contributed by atoms with E-state index in [4.69, 9.17) is 14.2 Å². The number of H-pyrrole nitrogens is 1. The molecule has 2 N–H and O–H groups in total. The van der Waals surface area contributed by atoms with Crippen LogP contribution in [-0.4, -0.2) is 26.3 Å². The molecule has 0 atom stereocenters. The second kappa shape index (κ2) is 6.52. The first-order chi connectivity index (χ1) is 11.2. The van der Waals surface area contributed by atoms with E-state index >= 15 is 0 Å². The van der Waals surface area contributed by atoms with Crippen LogP contribution in [-0.2, 0) is 6.54 Å². The Labute approximate surface area is 135 Å². The van der Waals surface area contributed by atoms with Crippen LogP contribution in [0.4, 0.5) is 5.69 Å². The van der Waals surface area contributed by atoms with Gasteiger partial charge in [-0.1, -0.05) is 0 Å². The summed E-state index contributed by atoms with van der Waals surface area (Å²) >= 11 is 0. The first-order valence-electron chi connectivity index (χ1n) is 7.35. The third kappa shape index (κ3) is 3.04. The average Bonchev–Trinajstić information content (AvgIpc) is 3.06. The smallest absolute Gasteiger partial charge is 0.203 e.